The summed E-state index contributed by atoms with van der Waals surface area (Å²) in [7, 11) is 0. The minimum absolute atomic E-state index is 0.627. The summed E-state index contributed by atoms with van der Waals surface area (Å²) < 4.78 is 0. The Morgan fingerprint density at radius 2 is 0.714 bits per heavy atom. The molecule has 28 heavy (non-hydrogen) atoms. The number of benzene rings is 3. The monoisotopic (exact) mass is 359 g/mol. The molecule has 0 heterocycles. The molecule has 0 aliphatic heterocycles. The lowest BCUT2D eigenvalue weighted by molar-refractivity contribution is 0.390. The van der Waals surface area contributed by atoms with Crippen LogP contribution in [-0.2, 0) is 0 Å². The van der Waals surface area contributed by atoms with Crippen molar-refractivity contribution in [2.75, 3.05) is 19.6 Å². The van der Waals surface area contributed by atoms with Gasteiger partial charge in [0.1, 0.15) is 0 Å². The average Bonchev–Trinajstić information content (AvgIpc) is 2.76. The fraction of sp³-hybridized carbons (Fsp3) is 0.111. The van der Waals surface area contributed by atoms with Crippen molar-refractivity contribution in [3.8, 4) is 35.5 Å². The van der Waals surface area contributed by atoms with Gasteiger partial charge in [-0.25, -0.2) is 0 Å². The number of nitrogens with zero attached hydrogens (tertiary/aromatic N) is 1. The Hall–Kier alpha value is -3.70. The zero-order valence-corrected chi connectivity index (χ0v) is 15.7. The quantitative estimate of drug-likeness (QED) is 0.625. The normalized spacial score (nSPS) is 9.32. The lowest BCUT2D eigenvalue weighted by atomic mass is 10.2. The maximum atomic E-state index is 3.24. The van der Waals surface area contributed by atoms with Gasteiger partial charge in [0.25, 0.3) is 0 Å². The van der Waals surface area contributed by atoms with Crippen LogP contribution in [0.2, 0.25) is 0 Å². The summed E-state index contributed by atoms with van der Waals surface area (Å²) in [4.78, 5) is 2.15. The molecule has 0 aliphatic carbocycles. The smallest absolute Gasteiger partial charge is 0.0623 e. The van der Waals surface area contributed by atoms with Crippen LogP contribution in [0.15, 0.2) is 91.0 Å². The Kier molecular flexibility index (Phi) is 7.57. The molecule has 0 saturated carbocycles. The molecule has 0 fully saturated rings. The van der Waals surface area contributed by atoms with Crippen LogP contribution in [0.5, 0.6) is 0 Å². The van der Waals surface area contributed by atoms with Crippen LogP contribution in [0.1, 0.15) is 16.7 Å². The molecule has 0 atom stereocenters. The standard InChI is InChI=1S/C27H21N/c1-4-13-25(14-5-1)19-10-22-28(23-11-20-26-15-6-2-7-16-26)24-12-21-27-17-8-3-9-18-27/h1-9,13-18H,22-24H2. The van der Waals surface area contributed by atoms with Crippen LogP contribution in [0.3, 0.4) is 0 Å². The first-order valence-corrected chi connectivity index (χ1v) is 9.24. The average molecular weight is 359 g/mol. The van der Waals surface area contributed by atoms with Crippen LogP contribution in [0.4, 0.5) is 0 Å². The van der Waals surface area contributed by atoms with E-state index >= 15 is 0 Å². The van der Waals surface area contributed by atoms with Gasteiger partial charge in [0.15, 0.2) is 0 Å². The summed E-state index contributed by atoms with van der Waals surface area (Å²) in [5, 5.41) is 0. The van der Waals surface area contributed by atoms with Gasteiger partial charge < -0.3 is 0 Å². The first-order chi connectivity index (χ1) is 13.9. The van der Waals surface area contributed by atoms with Crippen LogP contribution in [0, 0.1) is 35.5 Å². The maximum Gasteiger partial charge on any atom is 0.0623 e. The van der Waals surface area contributed by atoms with Crippen molar-refractivity contribution in [2.24, 2.45) is 0 Å². The first-order valence-electron chi connectivity index (χ1n) is 9.24. The second-order valence-electron chi connectivity index (χ2n) is 6.15. The Bertz CT molecular complexity index is 893. The zero-order valence-electron chi connectivity index (χ0n) is 15.7. The van der Waals surface area contributed by atoms with Crippen LogP contribution in [0.25, 0.3) is 0 Å². The van der Waals surface area contributed by atoms with E-state index in [2.05, 4.69) is 40.4 Å². The van der Waals surface area contributed by atoms with Gasteiger partial charge in [0.2, 0.25) is 0 Å². The first kappa shape index (κ1) is 19.1. The zero-order chi connectivity index (χ0) is 19.3. The minimum Gasteiger partial charge on any atom is -0.270 e. The molecule has 0 aromatic heterocycles. The van der Waals surface area contributed by atoms with Crippen molar-refractivity contribution in [1.29, 1.82) is 0 Å². The largest absolute Gasteiger partial charge is 0.270 e. The van der Waals surface area contributed by atoms with E-state index in [0.29, 0.717) is 19.6 Å². The van der Waals surface area contributed by atoms with E-state index in [1.54, 1.807) is 0 Å². The van der Waals surface area contributed by atoms with Crippen molar-refractivity contribution in [2.45, 2.75) is 0 Å². The maximum absolute atomic E-state index is 3.24. The lowest BCUT2D eigenvalue weighted by Crippen LogP contribution is -2.25. The lowest BCUT2D eigenvalue weighted by Gasteiger charge is -2.12. The van der Waals surface area contributed by atoms with E-state index in [1.807, 2.05) is 91.0 Å². The predicted molar refractivity (Wildman–Crippen MR) is 116 cm³/mol. The van der Waals surface area contributed by atoms with Crippen LogP contribution >= 0.6 is 0 Å². The molecule has 0 unspecified atom stereocenters. The van der Waals surface area contributed by atoms with Gasteiger partial charge in [-0.15, -0.1) is 0 Å². The SMILES string of the molecule is C(#Cc1ccccc1)CN(CC#Cc1ccccc1)CC#Cc1ccccc1. The fourth-order valence-corrected chi connectivity index (χ4v) is 2.49. The van der Waals surface area contributed by atoms with Gasteiger partial charge in [-0.3, -0.25) is 4.90 Å². The molecule has 3 rings (SSSR count). The van der Waals surface area contributed by atoms with Crippen LogP contribution < -0.4 is 0 Å². The van der Waals surface area contributed by atoms with Crippen molar-refractivity contribution in [3.05, 3.63) is 108 Å². The highest BCUT2D eigenvalue weighted by Gasteiger charge is 1.98. The molecular formula is C27H21N. The van der Waals surface area contributed by atoms with E-state index < -0.39 is 0 Å². The van der Waals surface area contributed by atoms with Crippen molar-refractivity contribution in [3.63, 3.8) is 0 Å². The molecule has 1 heteroatoms. The van der Waals surface area contributed by atoms with Crippen molar-refractivity contribution < 1.29 is 0 Å². The Morgan fingerprint density at radius 1 is 0.429 bits per heavy atom. The van der Waals surface area contributed by atoms with Crippen LogP contribution in [-0.4, -0.2) is 24.5 Å². The van der Waals surface area contributed by atoms with Crippen molar-refractivity contribution >= 4 is 0 Å². The molecule has 1 nitrogen and oxygen atoms in total. The molecule has 3 aromatic rings. The fourth-order valence-electron chi connectivity index (χ4n) is 2.49. The van der Waals surface area contributed by atoms with E-state index in [4.69, 9.17) is 0 Å². The summed E-state index contributed by atoms with van der Waals surface area (Å²) in [6.45, 7) is 1.88. The third-order valence-corrected chi connectivity index (χ3v) is 3.93. The third-order valence-electron chi connectivity index (χ3n) is 3.93. The summed E-state index contributed by atoms with van der Waals surface area (Å²) in [6, 6.07) is 30.1. The Labute approximate surface area is 168 Å². The highest BCUT2D eigenvalue weighted by Crippen LogP contribution is 1.97. The van der Waals surface area contributed by atoms with Gasteiger partial charge in [-0.05, 0) is 36.4 Å². The topological polar surface area (TPSA) is 3.24 Å². The van der Waals surface area contributed by atoms with Gasteiger partial charge in [0.05, 0.1) is 19.6 Å². The summed E-state index contributed by atoms with van der Waals surface area (Å²) in [5.74, 6) is 19.3. The molecule has 0 aliphatic rings. The van der Waals surface area contributed by atoms with Gasteiger partial charge in [0, 0.05) is 16.7 Å². The third kappa shape index (κ3) is 6.90. The molecule has 0 saturated heterocycles. The molecule has 0 amide bonds. The second kappa shape index (κ2) is 11.1. The Morgan fingerprint density at radius 3 is 1.00 bits per heavy atom. The van der Waals surface area contributed by atoms with Gasteiger partial charge >= 0.3 is 0 Å². The predicted octanol–water partition coefficient (Wildman–Crippen LogP) is 4.44. The van der Waals surface area contributed by atoms with Gasteiger partial charge in [-0.1, -0.05) is 90.1 Å². The van der Waals surface area contributed by atoms with E-state index in [0.717, 1.165) is 16.7 Å². The molecule has 3 aromatic carbocycles. The van der Waals surface area contributed by atoms with Crippen molar-refractivity contribution in [1.82, 2.24) is 4.90 Å². The molecule has 134 valence electrons. The second-order valence-corrected chi connectivity index (χ2v) is 6.15. The molecule has 0 N–H and O–H groups in total. The van der Waals surface area contributed by atoms with E-state index in [1.165, 1.54) is 0 Å². The molecular weight excluding hydrogens is 338 g/mol. The minimum atomic E-state index is 0.627. The van der Waals surface area contributed by atoms with E-state index in [-0.39, 0.29) is 0 Å². The molecule has 0 radical (unpaired) electrons. The highest BCUT2D eigenvalue weighted by molar-refractivity contribution is 5.36. The highest BCUT2D eigenvalue weighted by atomic mass is 15.1. The van der Waals surface area contributed by atoms with Gasteiger partial charge in [-0.2, -0.15) is 0 Å². The number of hydrogen-bond donors (Lipinski definition) is 0. The molecule has 0 spiro atoms. The Balaban J connectivity index is 1.65. The van der Waals surface area contributed by atoms with E-state index in [9.17, 15) is 0 Å². The molecule has 0 bridgehead atoms. The number of rotatable bonds is 3. The number of hydrogen-bond acceptors (Lipinski definition) is 1. The summed E-state index contributed by atoms with van der Waals surface area (Å²) in [5.41, 5.74) is 3.06. The summed E-state index contributed by atoms with van der Waals surface area (Å²) >= 11 is 0. The summed E-state index contributed by atoms with van der Waals surface area (Å²) in [6.07, 6.45) is 0.